The number of halogens is 3. The number of carbonyl (C=O) groups excluding carboxylic acids is 1. The average molecular weight is 387 g/mol. The lowest BCUT2D eigenvalue weighted by Crippen LogP contribution is -2.05. The minimum Gasteiger partial charge on any atom is -0.462 e. The molecule has 0 spiro atoms. The van der Waals surface area contributed by atoms with Gasteiger partial charge in [-0.1, -0.05) is 12.1 Å². The number of carbonyl (C=O) groups is 1. The van der Waals surface area contributed by atoms with Crippen molar-refractivity contribution in [2.45, 2.75) is 38.4 Å². The summed E-state index contributed by atoms with van der Waals surface area (Å²) >= 11 is 0. The molecule has 0 saturated heterocycles. The van der Waals surface area contributed by atoms with Gasteiger partial charge in [-0.15, -0.1) is 0 Å². The molecule has 1 aliphatic carbocycles. The molecule has 0 aliphatic heterocycles. The molecule has 4 rings (SSSR count). The summed E-state index contributed by atoms with van der Waals surface area (Å²) in [6.45, 7) is 2.08. The highest BCUT2D eigenvalue weighted by atomic mass is 19.4. The molecule has 2 aromatic carbocycles. The first-order chi connectivity index (χ1) is 13.4. The fraction of sp³-hybridized carbons (Fsp3) is 0.318. The van der Waals surface area contributed by atoms with Gasteiger partial charge in [0.1, 0.15) is 0 Å². The van der Waals surface area contributed by atoms with Crippen molar-refractivity contribution < 1.29 is 22.7 Å². The Labute approximate surface area is 160 Å². The molecule has 0 N–H and O–H groups in total. The van der Waals surface area contributed by atoms with Gasteiger partial charge in [0.05, 0.1) is 17.7 Å². The maximum atomic E-state index is 12.8. The Kier molecular flexibility index (Phi) is 4.65. The summed E-state index contributed by atoms with van der Waals surface area (Å²) in [6, 6.07) is 13.3. The van der Waals surface area contributed by atoms with Gasteiger partial charge in [-0.05, 0) is 61.7 Å². The smallest absolute Gasteiger partial charge is 0.416 e. The van der Waals surface area contributed by atoms with Crippen LogP contribution in [0, 0.1) is 0 Å². The second kappa shape index (κ2) is 7.00. The van der Waals surface area contributed by atoms with E-state index < -0.39 is 11.7 Å². The predicted molar refractivity (Wildman–Crippen MR) is 100 cm³/mol. The molecule has 6 heteroatoms. The van der Waals surface area contributed by atoms with Gasteiger partial charge in [-0.2, -0.15) is 13.2 Å². The van der Waals surface area contributed by atoms with E-state index >= 15 is 0 Å². The Bertz CT molecular complexity index is 1010. The number of nitrogens with zero attached hydrogens (tertiary/aromatic N) is 1. The number of fused-ring (bicyclic) bond motifs is 1. The van der Waals surface area contributed by atoms with Crippen molar-refractivity contribution in [3.63, 3.8) is 0 Å². The lowest BCUT2D eigenvalue weighted by Gasteiger charge is -2.11. The molecular formula is C22H20F3NO2. The molecule has 1 aromatic heterocycles. The van der Waals surface area contributed by atoms with E-state index in [1.165, 1.54) is 12.1 Å². The van der Waals surface area contributed by atoms with E-state index in [2.05, 4.69) is 4.57 Å². The Morgan fingerprint density at radius 1 is 1.11 bits per heavy atom. The van der Waals surface area contributed by atoms with Crippen LogP contribution in [0.2, 0.25) is 0 Å². The zero-order valence-electron chi connectivity index (χ0n) is 15.4. The molecule has 1 saturated carbocycles. The predicted octanol–water partition coefficient (Wildman–Crippen LogP) is 5.76. The fourth-order valence-corrected chi connectivity index (χ4v) is 3.56. The summed E-state index contributed by atoms with van der Waals surface area (Å²) in [5.41, 5.74) is 2.76. The number of benzene rings is 2. The Morgan fingerprint density at radius 3 is 2.43 bits per heavy atom. The zero-order chi connectivity index (χ0) is 19.9. The summed E-state index contributed by atoms with van der Waals surface area (Å²) in [4.78, 5) is 12.0. The van der Waals surface area contributed by atoms with E-state index in [-0.39, 0.29) is 5.97 Å². The minimum absolute atomic E-state index is 0.319. The van der Waals surface area contributed by atoms with E-state index in [9.17, 15) is 18.0 Å². The molecule has 0 amide bonds. The lowest BCUT2D eigenvalue weighted by molar-refractivity contribution is -0.137. The van der Waals surface area contributed by atoms with Crippen LogP contribution >= 0.6 is 0 Å². The molecule has 28 heavy (non-hydrogen) atoms. The Balaban J connectivity index is 1.68. The highest BCUT2D eigenvalue weighted by molar-refractivity contribution is 5.95. The zero-order valence-corrected chi connectivity index (χ0v) is 15.4. The highest BCUT2D eigenvalue weighted by Crippen LogP contribution is 2.40. The molecule has 0 radical (unpaired) electrons. The van der Waals surface area contributed by atoms with Gasteiger partial charge >= 0.3 is 12.1 Å². The number of rotatable bonds is 5. The van der Waals surface area contributed by atoms with Crippen molar-refractivity contribution in [1.82, 2.24) is 4.57 Å². The van der Waals surface area contributed by atoms with Crippen molar-refractivity contribution in [1.29, 1.82) is 0 Å². The van der Waals surface area contributed by atoms with Gasteiger partial charge in [0.25, 0.3) is 0 Å². The lowest BCUT2D eigenvalue weighted by atomic mass is 10.1. The average Bonchev–Trinajstić information content (AvgIpc) is 3.42. The van der Waals surface area contributed by atoms with Crippen molar-refractivity contribution in [3.05, 3.63) is 70.9 Å². The largest absolute Gasteiger partial charge is 0.462 e. The Morgan fingerprint density at radius 2 is 1.82 bits per heavy atom. The molecule has 0 bridgehead atoms. The van der Waals surface area contributed by atoms with E-state index in [4.69, 9.17) is 4.74 Å². The van der Waals surface area contributed by atoms with Gasteiger partial charge < -0.3 is 9.30 Å². The second-order valence-corrected chi connectivity index (χ2v) is 7.10. The topological polar surface area (TPSA) is 31.2 Å². The van der Waals surface area contributed by atoms with Crippen LogP contribution in [0.5, 0.6) is 0 Å². The van der Waals surface area contributed by atoms with Gasteiger partial charge in [0, 0.05) is 29.1 Å². The minimum atomic E-state index is -4.33. The molecule has 146 valence electrons. The van der Waals surface area contributed by atoms with Crippen molar-refractivity contribution in [2.24, 2.45) is 0 Å². The van der Waals surface area contributed by atoms with Gasteiger partial charge in [0.2, 0.25) is 0 Å². The van der Waals surface area contributed by atoms with Crippen LogP contribution < -0.4 is 0 Å². The third kappa shape index (κ3) is 3.63. The monoisotopic (exact) mass is 387 g/mol. The summed E-state index contributed by atoms with van der Waals surface area (Å²) in [5, 5.41) is 0.944. The molecular weight excluding hydrogens is 367 g/mol. The molecule has 0 unspecified atom stereocenters. The Hall–Kier alpha value is -2.76. The van der Waals surface area contributed by atoms with Crippen LogP contribution in [0.25, 0.3) is 10.9 Å². The fourth-order valence-electron chi connectivity index (χ4n) is 3.56. The van der Waals surface area contributed by atoms with Crippen LogP contribution in [-0.4, -0.2) is 17.1 Å². The SMILES string of the molecule is CCOC(=O)c1ccc2c(c1)cc(Cc1ccc(C(F)(F)F)cc1)n2C1CC1. The number of alkyl halides is 3. The quantitative estimate of drug-likeness (QED) is 0.521. The first-order valence-corrected chi connectivity index (χ1v) is 9.34. The molecule has 3 aromatic rings. The van der Waals surface area contributed by atoms with Crippen molar-refractivity contribution in [3.8, 4) is 0 Å². The molecule has 0 atom stereocenters. The molecule has 3 nitrogen and oxygen atoms in total. The van der Waals surface area contributed by atoms with Crippen molar-refractivity contribution >= 4 is 16.9 Å². The first-order valence-electron chi connectivity index (χ1n) is 9.34. The van der Waals surface area contributed by atoms with Gasteiger partial charge in [0.15, 0.2) is 0 Å². The summed E-state index contributed by atoms with van der Waals surface area (Å²) in [7, 11) is 0. The standard InChI is InChI=1S/C22H20F3NO2/c1-2-28-21(27)15-5-10-20-16(12-15)13-19(26(20)18-8-9-18)11-14-3-6-17(7-4-14)22(23,24)25/h3-7,10,12-13,18H,2,8-9,11H2,1H3. The third-order valence-corrected chi connectivity index (χ3v) is 5.01. The van der Waals surface area contributed by atoms with E-state index in [1.807, 2.05) is 18.2 Å². The second-order valence-electron chi connectivity index (χ2n) is 7.10. The highest BCUT2D eigenvalue weighted by Gasteiger charge is 2.30. The third-order valence-electron chi connectivity index (χ3n) is 5.01. The first kappa shape index (κ1) is 18.6. The summed E-state index contributed by atoms with van der Waals surface area (Å²) < 4.78 is 45.7. The maximum Gasteiger partial charge on any atom is 0.416 e. The van der Waals surface area contributed by atoms with Crippen LogP contribution in [-0.2, 0) is 17.3 Å². The van der Waals surface area contributed by atoms with Gasteiger partial charge in [-0.25, -0.2) is 4.79 Å². The van der Waals surface area contributed by atoms with E-state index in [0.29, 0.717) is 24.6 Å². The van der Waals surface area contributed by atoms with Gasteiger partial charge in [-0.3, -0.25) is 0 Å². The number of aromatic nitrogens is 1. The maximum absolute atomic E-state index is 12.8. The number of hydrogen-bond acceptors (Lipinski definition) is 2. The molecule has 1 aliphatic rings. The number of esters is 1. The molecule has 1 heterocycles. The van der Waals surface area contributed by atoms with E-state index in [0.717, 1.165) is 47.1 Å². The summed E-state index contributed by atoms with van der Waals surface area (Å²) in [5.74, 6) is -0.354. The normalized spacial score (nSPS) is 14.4. The number of ether oxygens (including phenoxy) is 1. The van der Waals surface area contributed by atoms with Crippen LogP contribution in [0.15, 0.2) is 48.5 Å². The molecule has 1 fully saturated rings. The van der Waals surface area contributed by atoms with Crippen LogP contribution in [0.1, 0.15) is 53.0 Å². The number of hydrogen-bond donors (Lipinski definition) is 0. The van der Waals surface area contributed by atoms with Crippen molar-refractivity contribution in [2.75, 3.05) is 6.61 Å². The summed E-state index contributed by atoms with van der Waals surface area (Å²) in [6.07, 6.45) is -1.62. The van der Waals surface area contributed by atoms with Crippen LogP contribution in [0.3, 0.4) is 0 Å². The van der Waals surface area contributed by atoms with Crippen LogP contribution in [0.4, 0.5) is 13.2 Å². The van der Waals surface area contributed by atoms with E-state index in [1.54, 1.807) is 13.0 Å².